The van der Waals surface area contributed by atoms with Gasteiger partial charge in [-0.2, -0.15) is 11.8 Å². The van der Waals surface area contributed by atoms with Gasteiger partial charge in [0.15, 0.2) is 0 Å². The van der Waals surface area contributed by atoms with Crippen LogP contribution in [0.25, 0.3) is 0 Å². The molecular weight excluding hydrogens is 268 g/mol. The Morgan fingerprint density at radius 3 is 2.50 bits per heavy atom. The van der Waals surface area contributed by atoms with Crippen molar-refractivity contribution in [2.24, 2.45) is 0 Å². The van der Waals surface area contributed by atoms with E-state index in [1.807, 2.05) is 11.8 Å². The maximum atomic E-state index is 12.8. The van der Waals surface area contributed by atoms with Crippen molar-refractivity contribution in [3.05, 3.63) is 0 Å². The molecule has 3 aliphatic rings. The van der Waals surface area contributed by atoms with Crippen LogP contribution in [0.15, 0.2) is 0 Å². The average Bonchev–Trinajstić information content (AvgIpc) is 3.21. The van der Waals surface area contributed by atoms with E-state index in [0.29, 0.717) is 16.8 Å². The number of thioether (sulfide) groups is 1. The lowest BCUT2D eigenvalue weighted by molar-refractivity contribution is -0.131. The summed E-state index contributed by atoms with van der Waals surface area (Å²) in [5, 5.41) is 3.64. The van der Waals surface area contributed by atoms with Gasteiger partial charge in [-0.1, -0.05) is 32.6 Å². The molecule has 3 fully saturated rings. The van der Waals surface area contributed by atoms with Crippen LogP contribution in [0.3, 0.4) is 0 Å². The zero-order valence-corrected chi connectivity index (χ0v) is 13.7. The number of nitrogens with one attached hydrogen (secondary N) is 1. The number of carbonyl (C=O) groups excluding carboxylic acids is 1. The van der Waals surface area contributed by atoms with E-state index in [0.717, 1.165) is 32.2 Å². The Morgan fingerprint density at radius 1 is 1.25 bits per heavy atom. The fraction of sp³-hybridized carbons (Fsp3) is 0.938. The van der Waals surface area contributed by atoms with Crippen LogP contribution in [0.4, 0.5) is 0 Å². The van der Waals surface area contributed by atoms with Gasteiger partial charge in [-0.15, -0.1) is 0 Å². The molecular formula is C16H28N2OS. The molecule has 0 aromatic rings. The topological polar surface area (TPSA) is 32.3 Å². The molecule has 3 nitrogen and oxygen atoms in total. The van der Waals surface area contributed by atoms with Gasteiger partial charge in [0.2, 0.25) is 5.91 Å². The highest BCUT2D eigenvalue weighted by molar-refractivity contribution is 8.00. The molecule has 1 atom stereocenters. The number of rotatable bonds is 5. The van der Waals surface area contributed by atoms with Gasteiger partial charge < -0.3 is 4.90 Å². The molecule has 1 amide bonds. The van der Waals surface area contributed by atoms with Crippen LogP contribution in [-0.2, 0) is 4.79 Å². The molecule has 4 heteroatoms. The Balaban J connectivity index is 1.74. The number of amides is 1. The lowest BCUT2D eigenvalue weighted by Gasteiger charge is -2.40. The van der Waals surface area contributed by atoms with Gasteiger partial charge in [0.1, 0.15) is 0 Å². The van der Waals surface area contributed by atoms with Gasteiger partial charge in [0.05, 0.1) is 11.7 Å². The summed E-state index contributed by atoms with van der Waals surface area (Å²) in [7, 11) is 0. The molecule has 1 saturated heterocycles. The molecule has 1 heterocycles. The third-order valence-corrected chi connectivity index (χ3v) is 6.86. The summed E-state index contributed by atoms with van der Waals surface area (Å²) in [6.07, 6.45) is 13.5. The Bertz CT molecular complexity index is 375. The molecule has 3 rings (SSSR count). The zero-order valence-electron chi connectivity index (χ0n) is 12.9. The molecule has 0 aromatic carbocycles. The van der Waals surface area contributed by atoms with Crippen LogP contribution in [0.5, 0.6) is 0 Å². The summed E-state index contributed by atoms with van der Waals surface area (Å²) in [5.41, 5.74) is -0.145. The van der Waals surface area contributed by atoms with Gasteiger partial charge in [-0.05, 0) is 38.4 Å². The number of hydrogen-bond acceptors (Lipinski definition) is 3. The second kappa shape index (κ2) is 5.53. The van der Waals surface area contributed by atoms with Crippen molar-refractivity contribution in [3.8, 4) is 0 Å². The van der Waals surface area contributed by atoms with E-state index in [9.17, 15) is 4.79 Å². The first-order chi connectivity index (χ1) is 9.65. The smallest absolute Gasteiger partial charge is 0.244 e. The number of carbonyl (C=O) groups is 1. The van der Waals surface area contributed by atoms with Crippen molar-refractivity contribution in [1.82, 2.24) is 10.2 Å². The minimum absolute atomic E-state index is 0.145. The van der Waals surface area contributed by atoms with Gasteiger partial charge in [-0.3, -0.25) is 10.1 Å². The van der Waals surface area contributed by atoms with E-state index in [4.69, 9.17) is 0 Å². The molecule has 1 unspecified atom stereocenters. The second-order valence-corrected chi connectivity index (χ2v) is 8.19. The maximum Gasteiger partial charge on any atom is 0.244 e. The van der Waals surface area contributed by atoms with Crippen molar-refractivity contribution < 1.29 is 4.79 Å². The maximum absolute atomic E-state index is 12.8. The molecule has 2 saturated carbocycles. The fourth-order valence-corrected chi connectivity index (χ4v) is 4.94. The Morgan fingerprint density at radius 2 is 1.95 bits per heavy atom. The summed E-state index contributed by atoms with van der Waals surface area (Å²) in [4.78, 5) is 15.0. The van der Waals surface area contributed by atoms with Crippen LogP contribution in [0.2, 0.25) is 0 Å². The van der Waals surface area contributed by atoms with Crippen LogP contribution in [0.1, 0.15) is 64.7 Å². The van der Waals surface area contributed by atoms with E-state index in [2.05, 4.69) is 23.4 Å². The quantitative estimate of drug-likeness (QED) is 0.846. The van der Waals surface area contributed by atoms with E-state index in [-0.39, 0.29) is 5.54 Å². The SMILES string of the molecule is CCCC1NC2(CC2)C(=O)N1CC1(SC)CCCCC1. The summed E-state index contributed by atoms with van der Waals surface area (Å²) < 4.78 is 0.321. The highest BCUT2D eigenvalue weighted by Gasteiger charge is 2.59. The van der Waals surface area contributed by atoms with Crippen molar-refractivity contribution in [2.45, 2.75) is 81.2 Å². The van der Waals surface area contributed by atoms with Gasteiger partial charge in [0, 0.05) is 11.3 Å². The van der Waals surface area contributed by atoms with Gasteiger partial charge in [-0.25, -0.2) is 0 Å². The summed E-state index contributed by atoms with van der Waals surface area (Å²) in [6, 6.07) is 0. The van der Waals surface area contributed by atoms with Crippen LogP contribution in [0, 0.1) is 0 Å². The van der Waals surface area contributed by atoms with Crippen LogP contribution < -0.4 is 5.32 Å². The highest BCUT2D eigenvalue weighted by Crippen LogP contribution is 2.46. The average molecular weight is 296 g/mol. The minimum Gasteiger partial charge on any atom is -0.324 e. The number of hydrogen-bond donors (Lipinski definition) is 1. The first kappa shape index (κ1) is 14.7. The third kappa shape index (κ3) is 2.50. The molecule has 0 bridgehead atoms. The Kier molecular flexibility index (Phi) is 4.06. The molecule has 1 aliphatic heterocycles. The second-order valence-electron chi connectivity index (χ2n) is 6.91. The van der Waals surface area contributed by atoms with E-state index in [1.54, 1.807) is 0 Å². The molecule has 1 N–H and O–H groups in total. The molecule has 20 heavy (non-hydrogen) atoms. The van der Waals surface area contributed by atoms with Crippen LogP contribution >= 0.6 is 11.8 Å². The molecule has 0 radical (unpaired) electrons. The summed E-state index contributed by atoms with van der Waals surface area (Å²) >= 11 is 2.00. The Hall–Kier alpha value is -0.220. The first-order valence-electron chi connectivity index (χ1n) is 8.29. The van der Waals surface area contributed by atoms with E-state index >= 15 is 0 Å². The standard InChI is InChI=1S/C16H28N2OS/c1-3-7-13-17-16(10-11-16)14(19)18(13)12-15(20-2)8-5-4-6-9-15/h13,17H,3-12H2,1-2H3. The minimum atomic E-state index is -0.145. The zero-order chi connectivity index (χ0) is 14.2. The lowest BCUT2D eigenvalue weighted by atomic mass is 9.87. The normalized spacial score (nSPS) is 31.0. The fourth-order valence-electron chi connectivity index (χ4n) is 3.98. The molecule has 0 aromatic heterocycles. The summed E-state index contributed by atoms with van der Waals surface area (Å²) in [5.74, 6) is 0.398. The predicted octanol–water partition coefficient (Wildman–Crippen LogP) is 3.14. The molecule has 2 aliphatic carbocycles. The van der Waals surface area contributed by atoms with Crippen LogP contribution in [-0.4, -0.2) is 40.1 Å². The highest BCUT2D eigenvalue weighted by atomic mass is 32.2. The van der Waals surface area contributed by atoms with E-state index < -0.39 is 0 Å². The molecule has 1 spiro atoms. The Labute approximate surface area is 127 Å². The van der Waals surface area contributed by atoms with Crippen molar-refractivity contribution in [2.75, 3.05) is 12.8 Å². The number of nitrogens with zero attached hydrogens (tertiary/aromatic N) is 1. The van der Waals surface area contributed by atoms with Crippen molar-refractivity contribution in [1.29, 1.82) is 0 Å². The third-order valence-electron chi connectivity index (χ3n) is 5.46. The molecule has 114 valence electrons. The monoisotopic (exact) mass is 296 g/mol. The van der Waals surface area contributed by atoms with Crippen molar-refractivity contribution >= 4 is 17.7 Å². The lowest BCUT2D eigenvalue weighted by Crippen LogP contribution is -2.47. The van der Waals surface area contributed by atoms with Gasteiger partial charge >= 0.3 is 0 Å². The largest absolute Gasteiger partial charge is 0.324 e. The van der Waals surface area contributed by atoms with E-state index in [1.165, 1.54) is 32.1 Å². The first-order valence-corrected chi connectivity index (χ1v) is 9.51. The summed E-state index contributed by atoms with van der Waals surface area (Å²) in [6.45, 7) is 3.18. The van der Waals surface area contributed by atoms with Gasteiger partial charge in [0.25, 0.3) is 0 Å². The predicted molar refractivity (Wildman–Crippen MR) is 84.8 cm³/mol. The van der Waals surface area contributed by atoms with Crippen molar-refractivity contribution in [3.63, 3.8) is 0 Å².